The highest BCUT2D eigenvalue weighted by Gasteiger charge is 2.27. The van der Waals surface area contributed by atoms with Crippen LogP contribution in [0.5, 0.6) is 5.75 Å². The molecule has 12 heteroatoms. The maximum atomic E-state index is 12.1. The topological polar surface area (TPSA) is 121 Å². The van der Waals surface area contributed by atoms with Crippen molar-refractivity contribution >= 4 is 18.2 Å². The molecule has 0 bridgehead atoms. The van der Waals surface area contributed by atoms with Gasteiger partial charge in [0.2, 0.25) is 0 Å². The van der Waals surface area contributed by atoms with Gasteiger partial charge >= 0.3 is 18.2 Å². The molecule has 2 amide bonds. The monoisotopic (exact) mass is 608 g/mol. The maximum absolute atomic E-state index is 12.1. The minimum absolute atomic E-state index is 0.173. The summed E-state index contributed by atoms with van der Waals surface area (Å²) in [5, 5.41) is 8.80. The first-order valence-corrected chi connectivity index (χ1v) is 14.9. The van der Waals surface area contributed by atoms with Gasteiger partial charge in [-0.1, -0.05) is 0 Å². The van der Waals surface area contributed by atoms with Crippen LogP contribution in [0.1, 0.15) is 57.5 Å². The molecule has 2 heterocycles. The number of hydrogen-bond donors (Lipinski definition) is 1. The van der Waals surface area contributed by atoms with Crippen molar-refractivity contribution in [3.05, 3.63) is 29.3 Å². The van der Waals surface area contributed by atoms with E-state index in [0.717, 1.165) is 44.0 Å². The molecule has 12 nitrogen and oxygen atoms in total. The quantitative estimate of drug-likeness (QED) is 0.365. The summed E-state index contributed by atoms with van der Waals surface area (Å²) < 4.78 is 21.3. The summed E-state index contributed by atoms with van der Waals surface area (Å²) in [4.78, 5) is 43.2. The number of rotatable bonds is 7. The van der Waals surface area contributed by atoms with Crippen LogP contribution in [0.2, 0.25) is 0 Å². The summed E-state index contributed by atoms with van der Waals surface area (Å²) in [6.45, 7) is 21.2. The van der Waals surface area contributed by atoms with Crippen molar-refractivity contribution in [2.45, 2.75) is 59.7 Å². The van der Waals surface area contributed by atoms with E-state index in [0.29, 0.717) is 44.9 Å². The number of esters is 1. The molecule has 244 valence electrons. The average molecular weight is 609 g/mol. The molecule has 3 rings (SSSR count). The Bertz CT molecular complexity index is 1040. The second-order valence-electron chi connectivity index (χ2n) is 12.7. The zero-order chi connectivity index (χ0) is 32.2. The number of β-amino-alcohol motifs (C(OH)–C–C–N with tert-alkyl or cyclic N) is 1. The minimum atomic E-state index is -0.469. The van der Waals surface area contributed by atoms with E-state index in [1.165, 1.54) is 7.11 Å². The average Bonchev–Trinajstić information content (AvgIpc) is 2.93. The van der Waals surface area contributed by atoms with Gasteiger partial charge in [0.15, 0.2) is 0 Å². The molecule has 0 atom stereocenters. The molecule has 0 spiro atoms. The van der Waals surface area contributed by atoms with Gasteiger partial charge in [0.05, 0.1) is 19.3 Å². The fraction of sp³-hybridized carbons (Fsp3) is 0.710. The number of aliphatic hydroxyl groups is 1. The van der Waals surface area contributed by atoms with E-state index >= 15 is 0 Å². The lowest BCUT2D eigenvalue weighted by atomic mass is 10.1. The number of benzene rings is 1. The van der Waals surface area contributed by atoms with Crippen molar-refractivity contribution < 1.29 is 38.4 Å². The van der Waals surface area contributed by atoms with Crippen LogP contribution in [-0.4, -0.2) is 140 Å². The maximum Gasteiger partial charge on any atom is 0.410 e. The lowest BCUT2D eigenvalue weighted by molar-refractivity contribution is 0.0125. The van der Waals surface area contributed by atoms with Crippen LogP contribution in [0.4, 0.5) is 9.59 Å². The Morgan fingerprint density at radius 3 is 1.63 bits per heavy atom. The summed E-state index contributed by atoms with van der Waals surface area (Å²) in [5.74, 6) is 0.405. The minimum Gasteiger partial charge on any atom is -0.492 e. The van der Waals surface area contributed by atoms with E-state index in [-0.39, 0.29) is 24.8 Å². The standard InChI is InChI=1S/C20H30N2O5.C11H22N2O3/c1-15-14-16(18(23)25-5)6-7-17(15)26-13-12-21-8-10-22(11-9-21)19(24)27-20(2,3)4;1-11(2,3)16-10(15)13-6-4-12(5-7-13)8-9-14/h6-7,14H,8-13H2,1-5H3;14H,4-9H2,1-3H3. The van der Waals surface area contributed by atoms with Crippen molar-refractivity contribution in [1.82, 2.24) is 19.6 Å². The highest BCUT2D eigenvalue weighted by molar-refractivity contribution is 5.89. The van der Waals surface area contributed by atoms with Crippen molar-refractivity contribution in [2.75, 3.05) is 85.8 Å². The van der Waals surface area contributed by atoms with E-state index in [1.807, 2.05) is 48.5 Å². The van der Waals surface area contributed by atoms with E-state index in [2.05, 4.69) is 9.80 Å². The molecule has 0 radical (unpaired) electrons. The van der Waals surface area contributed by atoms with Gasteiger partial charge in [0.25, 0.3) is 0 Å². The zero-order valence-corrected chi connectivity index (χ0v) is 27.3. The predicted octanol–water partition coefficient (Wildman–Crippen LogP) is 3.24. The zero-order valence-electron chi connectivity index (χ0n) is 27.3. The lowest BCUT2D eigenvalue weighted by Gasteiger charge is -2.35. The van der Waals surface area contributed by atoms with E-state index < -0.39 is 11.2 Å². The number of aryl methyl sites for hydroxylation is 1. The Labute approximate surface area is 256 Å². The molecule has 1 aromatic carbocycles. The smallest absolute Gasteiger partial charge is 0.410 e. The third-order valence-electron chi connectivity index (χ3n) is 6.73. The van der Waals surface area contributed by atoms with Crippen molar-refractivity contribution in [2.24, 2.45) is 0 Å². The van der Waals surface area contributed by atoms with Gasteiger partial charge in [-0.2, -0.15) is 0 Å². The fourth-order valence-electron chi connectivity index (χ4n) is 4.44. The second kappa shape index (κ2) is 16.7. The first-order chi connectivity index (χ1) is 20.1. The number of ether oxygens (including phenoxy) is 4. The summed E-state index contributed by atoms with van der Waals surface area (Å²) in [7, 11) is 1.37. The van der Waals surface area contributed by atoms with Gasteiger partial charge in [0.1, 0.15) is 23.6 Å². The van der Waals surface area contributed by atoms with Crippen LogP contribution in [0.25, 0.3) is 0 Å². The van der Waals surface area contributed by atoms with Gasteiger partial charge in [-0.15, -0.1) is 0 Å². The number of piperazine rings is 2. The number of amides is 2. The van der Waals surface area contributed by atoms with Gasteiger partial charge in [-0.3, -0.25) is 9.80 Å². The number of carbonyl (C=O) groups is 3. The summed E-state index contributed by atoms with van der Waals surface area (Å²) in [5.41, 5.74) is 0.510. The Balaban J connectivity index is 0.000000344. The van der Waals surface area contributed by atoms with Crippen LogP contribution in [0.3, 0.4) is 0 Å². The predicted molar refractivity (Wildman–Crippen MR) is 164 cm³/mol. The molecule has 2 aliphatic heterocycles. The van der Waals surface area contributed by atoms with Gasteiger partial charge in [-0.25, -0.2) is 14.4 Å². The number of carbonyl (C=O) groups excluding carboxylic acids is 3. The second-order valence-corrected chi connectivity index (χ2v) is 12.7. The first-order valence-electron chi connectivity index (χ1n) is 14.9. The molecule has 2 aliphatic rings. The number of nitrogens with zero attached hydrogens (tertiary/aromatic N) is 4. The largest absolute Gasteiger partial charge is 0.492 e. The molecule has 43 heavy (non-hydrogen) atoms. The Morgan fingerprint density at radius 2 is 1.23 bits per heavy atom. The molecule has 1 N–H and O–H groups in total. The van der Waals surface area contributed by atoms with Gasteiger partial charge in [0, 0.05) is 65.4 Å². The normalized spacial score (nSPS) is 16.6. The van der Waals surface area contributed by atoms with Gasteiger partial charge < -0.3 is 33.9 Å². The molecule has 2 saturated heterocycles. The molecular weight excluding hydrogens is 556 g/mol. The highest BCUT2D eigenvalue weighted by atomic mass is 16.6. The number of methoxy groups -OCH3 is 1. The van der Waals surface area contributed by atoms with Gasteiger partial charge in [-0.05, 0) is 72.2 Å². The first kappa shape index (κ1) is 36.1. The number of aliphatic hydroxyl groups excluding tert-OH is 1. The summed E-state index contributed by atoms with van der Waals surface area (Å²) in [6, 6.07) is 5.26. The van der Waals surface area contributed by atoms with Crippen LogP contribution in [-0.2, 0) is 14.2 Å². The Kier molecular flexibility index (Phi) is 14.0. The van der Waals surface area contributed by atoms with Crippen LogP contribution in [0.15, 0.2) is 18.2 Å². The summed E-state index contributed by atoms with van der Waals surface area (Å²) >= 11 is 0. The molecule has 0 unspecified atom stereocenters. The third kappa shape index (κ3) is 13.4. The SMILES string of the molecule is CC(C)(C)OC(=O)N1CCN(CCO)CC1.COC(=O)c1ccc(OCCN2CCN(C(=O)OC(C)(C)C)CC2)c(C)c1. The molecule has 0 aromatic heterocycles. The molecular formula is C31H52N4O8. The Morgan fingerprint density at radius 1 is 0.767 bits per heavy atom. The van der Waals surface area contributed by atoms with E-state index in [1.54, 1.807) is 28.0 Å². The van der Waals surface area contributed by atoms with Crippen molar-refractivity contribution in [3.63, 3.8) is 0 Å². The fourth-order valence-corrected chi connectivity index (χ4v) is 4.44. The lowest BCUT2D eigenvalue weighted by Crippen LogP contribution is -2.50. The molecule has 1 aromatic rings. The van der Waals surface area contributed by atoms with E-state index in [4.69, 9.17) is 24.1 Å². The van der Waals surface area contributed by atoms with Crippen LogP contribution >= 0.6 is 0 Å². The number of hydrogen-bond acceptors (Lipinski definition) is 10. The molecule has 0 saturated carbocycles. The van der Waals surface area contributed by atoms with E-state index in [9.17, 15) is 14.4 Å². The Hall–Kier alpha value is -3.09. The highest BCUT2D eigenvalue weighted by Crippen LogP contribution is 2.20. The van der Waals surface area contributed by atoms with Crippen LogP contribution in [0, 0.1) is 6.92 Å². The molecule has 2 fully saturated rings. The third-order valence-corrected chi connectivity index (χ3v) is 6.73. The van der Waals surface area contributed by atoms with Crippen LogP contribution < -0.4 is 4.74 Å². The van der Waals surface area contributed by atoms with Crippen molar-refractivity contribution in [3.8, 4) is 5.75 Å². The van der Waals surface area contributed by atoms with Crippen molar-refractivity contribution in [1.29, 1.82) is 0 Å². The molecule has 0 aliphatic carbocycles. The summed E-state index contributed by atoms with van der Waals surface area (Å²) in [6.07, 6.45) is -0.490.